The van der Waals surface area contributed by atoms with Crippen molar-refractivity contribution in [1.29, 1.82) is 0 Å². The van der Waals surface area contributed by atoms with E-state index < -0.39 is 0 Å². The second-order valence-corrected chi connectivity index (χ2v) is 8.08. The number of hydrogen-bond donors (Lipinski definition) is 1. The molecule has 2 aliphatic rings. The molecule has 0 radical (unpaired) electrons. The molecule has 0 aromatic heterocycles. The van der Waals surface area contributed by atoms with E-state index >= 15 is 0 Å². The molecule has 2 rings (SSSR count). The Hall–Kier alpha value is -0.120. The fourth-order valence-corrected chi connectivity index (χ4v) is 4.82. The minimum absolute atomic E-state index is 0.446. The molecule has 2 fully saturated rings. The molecule has 3 unspecified atom stereocenters. The highest BCUT2D eigenvalue weighted by Gasteiger charge is 2.39. The lowest BCUT2D eigenvalue weighted by Gasteiger charge is -2.46. The van der Waals surface area contributed by atoms with Gasteiger partial charge in [0.2, 0.25) is 0 Å². The molecule has 3 heteroatoms. The standard InChI is InChI=1S/C18H37N3/c1-6-16-14-20(5)11-8-12-21(16)13-15-9-7-10-18(2,3)17(15)19-4/h15-17,19H,6-14H2,1-5H3. The molecule has 1 saturated carbocycles. The SMILES string of the molecule is CCC1CN(C)CCCN1CC1CCCC(C)(C)C1NC. The van der Waals surface area contributed by atoms with Crippen LogP contribution in [0.1, 0.15) is 52.9 Å². The molecule has 0 aromatic carbocycles. The van der Waals surface area contributed by atoms with E-state index in [0.717, 1.165) is 12.0 Å². The van der Waals surface area contributed by atoms with Crippen molar-refractivity contribution >= 4 is 0 Å². The summed E-state index contributed by atoms with van der Waals surface area (Å²) in [5, 5.41) is 3.65. The first-order valence-corrected chi connectivity index (χ1v) is 9.07. The lowest BCUT2D eigenvalue weighted by molar-refractivity contribution is 0.0677. The van der Waals surface area contributed by atoms with Gasteiger partial charge in [-0.15, -0.1) is 0 Å². The van der Waals surface area contributed by atoms with Crippen molar-refractivity contribution in [3.63, 3.8) is 0 Å². The molecule has 0 spiro atoms. The lowest BCUT2D eigenvalue weighted by atomic mass is 9.67. The van der Waals surface area contributed by atoms with Crippen LogP contribution in [0, 0.1) is 11.3 Å². The van der Waals surface area contributed by atoms with Crippen molar-refractivity contribution in [3.05, 3.63) is 0 Å². The molecule has 1 aliphatic heterocycles. The summed E-state index contributed by atoms with van der Waals surface area (Å²) in [6.07, 6.45) is 6.78. The van der Waals surface area contributed by atoms with Gasteiger partial charge in [-0.3, -0.25) is 4.90 Å². The van der Waals surface area contributed by atoms with E-state index in [-0.39, 0.29) is 0 Å². The average molecular weight is 296 g/mol. The molecule has 0 aromatic rings. The van der Waals surface area contributed by atoms with Gasteiger partial charge < -0.3 is 10.2 Å². The van der Waals surface area contributed by atoms with Gasteiger partial charge in [-0.2, -0.15) is 0 Å². The van der Waals surface area contributed by atoms with Crippen molar-refractivity contribution in [3.8, 4) is 0 Å². The third kappa shape index (κ3) is 4.20. The maximum atomic E-state index is 3.65. The zero-order valence-electron chi connectivity index (χ0n) is 15.0. The molecule has 0 amide bonds. The largest absolute Gasteiger partial charge is 0.316 e. The molecule has 3 atom stereocenters. The fourth-order valence-electron chi connectivity index (χ4n) is 4.82. The second kappa shape index (κ2) is 7.43. The van der Waals surface area contributed by atoms with Crippen molar-refractivity contribution in [2.45, 2.75) is 65.0 Å². The van der Waals surface area contributed by atoms with Crippen LogP contribution >= 0.6 is 0 Å². The Bertz CT molecular complexity index is 316. The van der Waals surface area contributed by atoms with Gasteiger partial charge in [0, 0.05) is 25.2 Å². The van der Waals surface area contributed by atoms with Crippen LogP contribution in [0.15, 0.2) is 0 Å². The normalized spacial score (nSPS) is 35.6. The molecular weight excluding hydrogens is 258 g/mol. The molecule has 124 valence electrons. The van der Waals surface area contributed by atoms with Crippen molar-refractivity contribution < 1.29 is 0 Å². The summed E-state index contributed by atoms with van der Waals surface area (Å²) in [6.45, 7) is 12.4. The Kier molecular flexibility index (Phi) is 6.10. The smallest absolute Gasteiger partial charge is 0.0220 e. The number of nitrogens with zero attached hydrogens (tertiary/aromatic N) is 2. The predicted octanol–water partition coefficient (Wildman–Crippen LogP) is 2.82. The minimum atomic E-state index is 0.446. The molecule has 21 heavy (non-hydrogen) atoms. The van der Waals surface area contributed by atoms with Gasteiger partial charge in [0.05, 0.1) is 0 Å². The number of nitrogens with one attached hydrogen (secondary N) is 1. The van der Waals surface area contributed by atoms with Gasteiger partial charge in [-0.05, 0) is 64.2 Å². The van der Waals surface area contributed by atoms with Gasteiger partial charge >= 0.3 is 0 Å². The van der Waals surface area contributed by atoms with E-state index in [4.69, 9.17) is 0 Å². The van der Waals surface area contributed by atoms with E-state index in [1.165, 1.54) is 58.3 Å². The first-order chi connectivity index (χ1) is 9.97. The molecule has 0 bridgehead atoms. The first-order valence-electron chi connectivity index (χ1n) is 9.07. The Morgan fingerprint density at radius 3 is 2.62 bits per heavy atom. The zero-order valence-corrected chi connectivity index (χ0v) is 15.0. The Morgan fingerprint density at radius 1 is 1.19 bits per heavy atom. The van der Waals surface area contributed by atoms with E-state index in [2.05, 4.69) is 50.0 Å². The molecule has 1 heterocycles. The summed E-state index contributed by atoms with van der Waals surface area (Å²) in [4.78, 5) is 5.33. The van der Waals surface area contributed by atoms with Gasteiger partial charge in [0.15, 0.2) is 0 Å². The number of likely N-dealkylation sites (N-methyl/N-ethyl adjacent to an activating group) is 1. The van der Waals surface area contributed by atoms with Crippen LogP contribution < -0.4 is 5.32 Å². The average Bonchev–Trinajstić information content (AvgIpc) is 2.60. The predicted molar refractivity (Wildman–Crippen MR) is 91.7 cm³/mol. The summed E-state index contributed by atoms with van der Waals surface area (Å²) in [5.74, 6) is 0.816. The van der Waals surface area contributed by atoms with Crippen molar-refractivity contribution in [2.75, 3.05) is 40.3 Å². The third-order valence-corrected chi connectivity index (χ3v) is 5.98. The van der Waals surface area contributed by atoms with Crippen LogP contribution in [0.5, 0.6) is 0 Å². The highest BCUT2D eigenvalue weighted by Crippen LogP contribution is 2.39. The summed E-state index contributed by atoms with van der Waals surface area (Å²) < 4.78 is 0. The van der Waals surface area contributed by atoms with Gasteiger partial charge in [0.25, 0.3) is 0 Å². The summed E-state index contributed by atoms with van der Waals surface area (Å²) in [6, 6.07) is 1.42. The molecule has 1 saturated heterocycles. The topological polar surface area (TPSA) is 18.5 Å². The summed E-state index contributed by atoms with van der Waals surface area (Å²) in [7, 11) is 4.45. The second-order valence-electron chi connectivity index (χ2n) is 8.08. The summed E-state index contributed by atoms with van der Waals surface area (Å²) in [5.41, 5.74) is 0.446. The maximum Gasteiger partial charge on any atom is 0.0220 e. The quantitative estimate of drug-likeness (QED) is 0.860. The van der Waals surface area contributed by atoms with Gasteiger partial charge in [-0.25, -0.2) is 0 Å². The monoisotopic (exact) mass is 295 g/mol. The fraction of sp³-hybridized carbons (Fsp3) is 1.00. The summed E-state index contributed by atoms with van der Waals surface area (Å²) >= 11 is 0. The Labute approximate surface area is 132 Å². The molecule has 3 nitrogen and oxygen atoms in total. The van der Waals surface area contributed by atoms with E-state index in [1.54, 1.807) is 0 Å². The minimum Gasteiger partial charge on any atom is -0.316 e. The number of hydrogen-bond acceptors (Lipinski definition) is 3. The Morgan fingerprint density at radius 2 is 1.95 bits per heavy atom. The molecule has 1 N–H and O–H groups in total. The van der Waals surface area contributed by atoms with Crippen molar-refractivity contribution in [1.82, 2.24) is 15.1 Å². The molecular formula is C18H37N3. The van der Waals surface area contributed by atoms with E-state index in [9.17, 15) is 0 Å². The lowest BCUT2D eigenvalue weighted by Crippen LogP contribution is -2.53. The van der Waals surface area contributed by atoms with Crippen LogP contribution in [0.2, 0.25) is 0 Å². The third-order valence-electron chi connectivity index (χ3n) is 5.98. The first kappa shape index (κ1) is 17.2. The highest BCUT2D eigenvalue weighted by atomic mass is 15.2. The van der Waals surface area contributed by atoms with Crippen LogP contribution in [0.4, 0.5) is 0 Å². The van der Waals surface area contributed by atoms with E-state index in [1.807, 2.05) is 0 Å². The van der Waals surface area contributed by atoms with Gasteiger partial charge in [0.1, 0.15) is 0 Å². The Balaban J connectivity index is 2.03. The number of rotatable bonds is 4. The van der Waals surface area contributed by atoms with Crippen molar-refractivity contribution in [2.24, 2.45) is 11.3 Å². The molecule has 1 aliphatic carbocycles. The van der Waals surface area contributed by atoms with Gasteiger partial charge in [-0.1, -0.05) is 27.2 Å². The van der Waals surface area contributed by atoms with Crippen LogP contribution in [-0.2, 0) is 0 Å². The van der Waals surface area contributed by atoms with Crippen LogP contribution in [0.3, 0.4) is 0 Å². The zero-order chi connectivity index (χ0) is 15.5. The van der Waals surface area contributed by atoms with Crippen LogP contribution in [-0.4, -0.2) is 62.2 Å². The van der Waals surface area contributed by atoms with Crippen LogP contribution in [0.25, 0.3) is 0 Å². The van der Waals surface area contributed by atoms with E-state index in [0.29, 0.717) is 11.5 Å². The maximum absolute atomic E-state index is 3.65. The highest BCUT2D eigenvalue weighted by molar-refractivity contribution is 4.94.